The second kappa shape index (κ2) is 11.4. The summed E-state index contributed by atoms with van der Waals surface area (Å²) in [6.45, 7) is 3.51. The van der Waals surface area contributed by atoms with Crippen LogP contribution in [0.4, 0.5) is 17.2 Å². The molecule has 0 aliphatic carbocycles. The van der Waals surface area contributed by atoms with Gasteiger partial charge in [-0.15, -0.1) is 11.8 Å². The molecule has 0 radical (unpaired) electrons. The molecule has 3 rings (SSSR count). The van der Waals surface area contributed by atoms with Crippen LogP contribution < -0.4 is 16.0 Å². The Morgan fingerprint density at radius 3 is 2.38 bits per heavy atom. The highest BCUT2D eigenvalue weighted by Gasteiger charge is 2.18. The zero-order valence-corrected chi connectivity index (χ0v) is 19.4. The van der Waals surface area contributed by atoms with E-state index in [0.29, 0.717) is 22.9 Å². The van der Waals surface area contributed by atoms with E-state index in [1.165, 1.54) is 18.7 Å². The van der Waals surface area contributed by atoms with E-state index in [1.54, 1.807) is 30.5 Å². The fourth-order valence-electron chi connectivity index (χ4n) is 2.86. The number of carbonyl (C=O) groups is 2. The molecule has 0 saturated carbocycles. The molecule has 0 fully saturated rings. The molecule has 0 spiro atoms. The van der Waals surface area contributed by atoms with Gasteiger partial charge in [-0.1, -0.05) is 19.1 Å². The van der Waals surface area contributed by atoms with Crippen LogP contribution in [0.25, 0.3) is 0 Å². The van der Waals surface area contributed by atoms with E-state index in [2.05, 4.69) is 20.9 Å². The first-order valence-electron chi connectivity index (χ1n) is 10.1. The van der Waals surface area contributed by atoms with Crippen LogP contribution in [-0.4, -0.2) is 27.0 Å². The predicted octanol–water partition coefficient (Wildman–Crippen LogP) is 5.60. The normalized spacial score (nSPS) is 11.3. The summed E-state index contributed by atoms with van der Waals surface area (Å²) < 4.78 is 0. The molecule has 6 nitrogen and oxygen atoms in total. The highest BCUT2D eigenvalue weighted by molar-refractivity contribution is 8.00. The van der Waals surface area contributed by atoms with Crippen molar-refractivity contribution in [2.75, 3.05) is 16.0 Å². The average Bonchev–Trinajstić information content (AvgIpc) is 2.78. The fraction of sp³-hybridized carbons (Fsp3) is 0.167. The summed E-state index contributed by atoms with van der Waals surface area (Å²) in [5.41, 5.74) is 2.25. The molecular weight excluding hydrogens is 440 g/mol. The molecule has 0 saturated heterocycles. The Morgan fingerprint density at radius 2 is 1.72 bits per heavy atom. The van der Waals surface area contributed by atoms with Gasteiger partial charge in [0.25, 0.3) is 0 Å². The minimum absolute atomic E-state index is 0.0191. The Labute approximate surface area is 197 Å². The number of nitrogens with zero attached hydrogens (tertiary/aromatic N) is 1. The van der Waals surface area contributed by atoms with Gasteiger partial charge in [0.05, 0.1) is 5.25 Å². The Morgan fingerprint density at radius 1 is 0.969 bits per heavy atom. The standard InChI is InChI=1S/C24H24N4O2S2/c1-3-21(23(30)28-22-9-4-5-14-25-22)32-20-8-6-7-19(15-20)27-24(31)26-18-12-10-17(11-13-18)16(2)29/h4-15,21H,3H2,1-2H3,(H,25,28,30)(H2,26,27,31). The first-order valence-corrected chi connectivity index (χ1v) is 11.4. The van der Waals surface area contributed by atoms with Gasteiger partial charge in [0, 0.05) is 28.0 Å². The van der Waals surface area contributed by atoms with E-state index in [-0.39, 0.29) is 16.9 Å². The minimum Gasteiger partial charge on any atom is -0.332 e. The van der Waals surface area contributed by atoms with Crippen molar-refractivity contribution in [3.05, 3.63) is 78.5 Å². The van der Waals surface area contributed by atoms with Crippen LogP contribution in [0.15, 0.2) is 77.8 Å². The van der Waals surface area contributed by atoms with Crippen molar-refractivity contribution in [2.45, 2.75) is 30.4 Å². The summed E-state index contributed by atoms with van der Waals surface area (Å²) in [7, 11) is 0. The lowest BCUT2D eigenvalue weighted by molar-refractivity contribution is -0.115. The monoisotopic (exact) mass is 464 g/mol. The van der Waals surface area contributed by atoms with Gasteiger partial charge in [-0.05, 0) is 80.2 Å². The molecule has 164 valence electrons. The van der Waals surface area contributed by atoms with Crippen molar-refractivity contribution in [3.8, 4) is 0 Å². The van der Waals surface area contributed by atoms with Crippen LogP contribution >= 0.6 is 24.0 Å². The summed E-state index contributed by atoms with van der Waals surface area (Å²) in [6.07, 6.45) is 2.32. The lowest BCUT2D eigenvalue weighted by Crippen LogP contribution is -2.25. The number of hydrogen-bond acceptors (Lipinski definition) is 5. The third-order valence-corrected chi connectivity index (χ3v) is 6.06. The Hall–Kier alpha value is -3.23. The van der Waals surface area contributed by atoms with Crippen molar-refractivity contribution in [1.29, 1.82) is 0 Å². The van der Waals surface area contributed by atoms with Crippen LogP contribution in [-0.2, 0) is 4.79 Å². The first-order chi connectivity index (χ1) is 15.4. The Balaban J connectivity index is 1.59. The van der Waals surface area contributed by atoms with E-state index >= 15 is 0 Å². The molecule has 8 heteroatoms. The number of pyridine rings is 1. The Bertz CT molecular complexity index is 1090. The number of thioether (sulfide) groups is 1. The number of nitrogens with one attached hydrogen (secondary N) is 3. The van der Waals surface area contributed by atoms with Crippen LogP contribution in [0.1, 0.15) is 30.6 Å². The summed E-state index contributed by atoms with van der Waals surface area (Å²) in [5.74, 6) is 0.478. The molecule has 0 aliphatic rings. The van der Waals surface area contributed by atoms with Gasteiger partial charge < -0.3 is 16.0 Å². The van der Waals surface area contributed by atoms with Crippen molar-refractivity contribution in [3.63, 3.8) is 0 Å². The minimum atomic E-state index is -0.253. The number of aromatic nitrogens is 1. The quantitative estimate of drug-likeness (QED) is 0.227. The summed E-state index contributed by atoms with van der Waals surface area (Å²) in [6, 6.07) is 20.3. The molecule has 2 aromatic carbocycles. The molecule has 1 unspecified atom stereocenters. The van der Waals surface area contributed by atoms with Crippen molar-refractivity contribution < 1.29 is 9.59 Å². The third-order valence-electron chi connectivity index (χ3n) is 4.50. The van der Waals surface area contributed by atoms with Crippen molar-refractivity contribution >= 4 is 58.0 Å². The van der Waals surface area contributed by atoms with Crippen LogP contribution in [0, 0.1) is 0 Å². The molecule has 0 aliphatic heterocycles. The van der Waals surface area contributed by atoms with E-state index in [4.69, 9.17) is 12.2 Å². The number of ketones is 1. The molecule has 1 heterocycles. The number of carbonyl (C=O) groups excluding carboxylic acids is 2. The maximum Gasteiger partial charge on any atom is 0.239 e. The largest absolute Gasteiger partial charge is 0.332 e. The molecule has 3 N–H and O–H groups in total. The molecule has 32 heavy (non-hydrogen) atoms. The van der Waals surface area contributed by atoms with Crippen LogP contribution in [0.3, 0.4) is 0 Å². The lowest BCUT2D eigenvalue weighted by Gasteiger charge is -2.16. The summed E-state index contributed by atoms with van der Waals surface area (Å²) in [4.78, 5) is 29.1. The molecule has 1 aromatic heterocycles. The second-order valence-electron chi connectivity index (χ2n) is 6.96. The number of anilines is 3. The Kier molecular flexibility index (Phi) is 8.35. The van der Waals surface area contributed by atoms with Gasteiger partial charge >= 0.3 is 0 Å². The van der Waals surface area contributed by atoms with E-state index in [9.17, 15) is 9.59 Å². The topological polar surface area (TPSA) is 83.1 Å². The maximum absolute atomic E-state index is 12.6. The van der Waals surface area contributed by atoms with Crippen LogP contribution in [0.2, 0.25) is 0 Å². The third kappa shape index (κ3) is 6.90. The average molecular weight is 465 g/mol. The van der Waals surface area contributed by atoms with E-state index in [1.807, 2.05) is 49.4 Å². The molecule has 1 amide bonds. The number of hydrogen-bond donors (Lipinski definition) is 3. The second-order valence-corrected chi connectivity index (χ2v) is 8.64. The van der Waals surface area contributed by atoms with E-state index < -0.39 is 0 Å². The van der Waals surface area contributed by atoms with Gasteiger partial charge in [-0.3, -0.25) is 9.59 Å². The highest BCUT2D eigenvalue weighted by Crippen LogP contribution is 2.28. The van der Waals surface area contributed by atoms with Crippen LogP contribution in [0.5, 0.6) is 0 Å². The summed E-state index contributed by atoms with van der Waals surface area (Å²) in [5, 5.41) is 9.30. The maximum atomic E-state index is 12.6. The number of thiocarbonyl (C=S) groups is 1. The van der Waals surface area contributed by atoms with Gasteiger partial charge in [-0.2, -0.15) is 0 Å². The zero-order chi connectivity index (χ0) is 22.9. The molecule has 3 aromatic rings. The van der Waals surface area contributed by atoms with E-state index in [0.717, 1.165) is 16.3 Å². The first kappa shape index (κ1) is 23.4. The van der Waals surface area contributed by atoms with Gasteiger partial charge in [0.2, 0.25) is 5.91 Å². The predicted molar refractivity (Wildman–Crippen MR) is 136 cm³/mol. The van der Waals surface area contributed by atoms with Gasteiger partial charge in [0.15, 0.2) is 10.9 Å². The number of Topliss-reactive ketones (excluding diaryl/α,β-unsaturated/α-hetero) is 1. The zero-order valence-electron chi connectivity index (χ0n) is 17.8. The molecule has 1 atom stereocenters. The number of rotatable bonds is 8. The fourth-order valence-corrected chi connectivity index (χ4v) is 4.11. The van der Waals surface area contributed by atoms with Crippen molar-refractivity contribution in [2.24, 2.45) is 0 Å². The molecular formula is C24H24N4O2S2. The number of benzene rings is 2. The number of amides is 1. The van der Waals surface area contributed by atoms with Crippen molar-refractivity contribution in [1.82, 2.24) is 4.98 Å². The highest BCUT2D eigenvalue weighted by atomic mass is 32.2. The lowest BCUT2D eigenvalue weighted by atomic mass is 10.1. The van der Waals surface area contributed by atoms with Gasteiger partial charge in [0.1, 0.15) is 5.82 Å². The summed E-state index contributed by atoms with van der Waals surface area (Å²) >= 11 is 6.89. The SMILES string of the molecule is CCC(Sc1cccc(NC(=S)Nc2ccc(C(C)=O)cc2)c1)C(=O)Nc1ccccn1. The smallest absolute Gasteiger partial charge is 0.239 e. The van der Waals surface area contributed by atoms with Gasteiger partial charge in [-0.25, -0.2) is 4.98 Å². The molecule has 0 bridgehead atoms.